The van der Waals surface area contributed by atoms with Gasteiger partial charge in [-0.15, -0.1) is 0 Å². The first kappa shape index (κ1) is 13.3. The van der Waals surface area contributed by atoms with Crippen molar-refractivity contribution in [3.8, 4) is 0 Å². The van der Waals surface area contributed by atoms with Gasteiger partial charge in [0.05, 0.1) is 5.60 Å². The largest absolute Gasteiger partial charge is 0.388 e. The maximum atomic E-state index is 10.8. The molecule has 0 amide bonds. The SMILES string of the molecule is COCCC(C)C1(O)CSCCC1(C)C. The molecule has 1 heterocycles. The van der Waals surface area contributed by atoms with Crippen LogP contribution in [-0.4, -0.2) is 35.9 Å². The first-order chi connectivity index (χ1) is 6.94. The molecule has 90 valence electrons. The topological polar surface area (TPSA) is 29.5 Å². The number of hydrogen-bond donors (Lipinski definition) is 1. The van der Waals surface area contributed by atoms with Gasteiger partial charge in [-0.05, 0) is 29.9 Å². The highest BCUT2D eigenvalue weighted by atomic mass is 32.2. The summed E-state index contributed by atoms with van der Waals surface area (Å²) in [5.41, 5.74) is -0.500. The summed E-state index contributed by atoms with van der Waals surface area (Å²) >= 11 is 1.88. The van der Waals surface area contributed by atoms with Crippen LogP contribution >= 0.6 is 11.8 Å². The maximum absolute atomic E-state index is 10.8. The van der Waals surface area contributed by atoms with E-state index >= 15 is 0 Å². The lowest BCUT2D eigenvalue weighted by Gasteiger charge is -2.49. The predicted octanol–water partition coefficient (Wildman–Crippen LogP) is 2.55. The van der Waals surface area contributed by atoms with Crippen LogP contribution < -0.4 is 0 Å². The van der Waals surface area contributed by atoms with E-state index in [1.807, 2.05) is 11.8 Å². The normalized spacial score (nSPS) is 32.6. The Morgan fingerprint density at radius 1 is 1.47 bits per heavy atom. The number of ether oxygens (including phenoxy) is 1. The lowest BCUT2D eigenvalue weighted by atomic mass is 9.66. The molecule has 2 atom stereocenters. The van der Waals surface area contributed by atoms with Gasteiger partial charge in [0.1, 0.15) is 0 Å². The molecule has 1 rings (SSSR count). The monoisotopic (exact) mass is 232 g/mol. The Kier molecular flexibility index (Phi) is 4.50. The van der Waals surface area contributed by atoms with E-state index in [9.17, 15) is 5.11 Å². The summed E-state index contributed by atoms with van der Waals surface area (Å²) in [6.45, 7) is 7.27. The second-order valence-electron chi connectivity index (χ2n) is 5.29. The molecule has 1 fully saturated rings. The Morgan fingerprint density at radius 2 is 2.13 bits per heavy atom. The zero-order chi connectivity index (χ0) is 11.5. The van der Waals surface area contributed by atoms with Crippen molar-refractivity contribution in [2.75, 3.05) is 25.2 Å². The minimum atomic E-state index is -0.533. The molecule has 0 aromatic heterocycles. The minimum absolute atomic E-state index is 0.0331. The standard InChI is InChI=1S/C12H24O2S/c1-10(5-7-14-4)12(13)9-15-8-6-11(12,2)3/h10,13H,5-9H2,1-4H3. The summed E-state index contributed by atoms with van der Waals surface area (Å²) in [5, 5.41) is 10.8. The number of aliphatic hydroxyl groups is 1. The molecule has 3 heteroatoms. The highest BCUT2D eigenvalue weighted by molar-refractivity contribution is 7.99. The molecule has 0 radical (unpaired) electrons. The van der Waals surface area contributed by atoms with Crippen molar-refractivity contribution in [1.82, 2.24) is 0 Å². The Morgan fingerprint density at radius 3 is 2.67 bits per heavy atom. The lowest BCUT2D eigenvalue weighted by molar-refractivity contribution is -0.0982. The molecule has 0 saturated carbocycles. The van der Waals surface area contributed by atoms with Crippen molar-refractivity contribution >= 4 is 11.8 Å². The van der Waals surface area contributed by atoms with Crippen molar-refractivity contribution < 1.29 is 9.84 Å². The van der Waals surface area contributed by atoms with Crippen LogP contribution in [0.4, 0.5) is 0 Å². The fourth-order valence-corrected chi connectivity index (χ4v) is 4.10. The zero-order valence-electron chi connectivity index (χ0n) is 10.4. The first-order valence-corrected chi connectivity index (χ1v) is 6.88. The summed E-state index contributed by atoms with van der Waals surface area (Å²) in [4.78, 5) is 0. The van der Waals surface area contributed by atoms with Gasteiger partial charge in [-0.3, -0.25) is 0 Å². The fourth-order valence-electron chi connectivity index (χ4n) is 2.31. The van der Waals surface area contributed by atoms with Gasteiger partial charge in [0.15, 0.2) is 0 Å². The van der Waals surface area contributed by atoms with E-state index in [0.717, 1.165) is 25.2 Å². The molecule has 1 aliphatic heterocycles. The minimum Gasteiger partial charge on any atom is -0.388 e. The summed E-state index contributed by atoms with van der Waals surface area (Å²) in [7, 11) is 1.72. The van der Waals surface area contributed by atoms with Gasteiger partial charge in [0, 0.05) is 19.5 Å². The Balaban J connectivity index is 2.68. The Labute approximate surface area is 97.8 Å². The third-order valence-corrected chi connectivity index (χ3v) is 5.07. The van der Waals surface area contributed by atoms with Crippen LogP contribution in [-0.2, 0) is 4.74 Å². The van der Waals surface area contributed by atoms with Gasteiger partial charge < -0.3 is 9.84 Å². The number of methoxy groups -OCH3 is 1. The van der Waals surface area contributed by atoms with Crippen molar-refractivity contribution in [2.45, 2.75) is 39.2 Å². The third kappa shape index (κ3) is 2.69. The van der Waals surface area contributed by atoms with E-state index < -0.39 is 5.60 Å². The average molecular weight is 232 g/mol. The van der Waals surface area contributed by atoms with Gasteiger partial charge >= 0.3 is 0 Å². The molecule has 2 nitrogen and oxygen atoms in total. The zero-order valence-corrected chi connectivity index (χ0v) is 11.2. The molecule has 0 aromatic carbocycles. The van der Waals surface area contributed by atoms with Crippen LogP contribution in [0, 0.1) is 11.3 Å². The van der Waals surface area contributed by atoms with Gasteiger partial charge in [-0.2, -0.15) is 11.8 Å². The molecule has 2 unspecified atom stereocenters. The Hall–Kier alpha value is 0.270. The maximum Gasteiger partial charge on any atom is 0.0814 e. The van der Waals surface area contributed by atoms with Gasteiger partial charge in [-0.25, -0.2) is 0 Å². The molecule has 1 saturated heterocycles. The van der Waals surface area contributed by atoms with Crippen molar-refractivity contribution in [3.05, 3.63) is 0 Å². The lowest BCUT2D eigenvalue weighted by Crippen LogP contribution is -2.54. The highest BCUT2D eigenvalue weighted by Gasteiger charge is 2.48. The predicted molar refractivity (Wildman–Crippen MR) is 66.3 cm³/mol. The molecule has 0 aromatic rings. The molecule has 1 aliphatic rings. The van der Waals surface area contributed by atoms with E-state index in [2.05, 4.69) is 20.8 Å². The molecule has 0 aliphatic carbocycles. The van der Waals surface area contributed by atoms with E-state index in [-0.39, 0.29) is 5.41 Å². The molecule has 1 N–H and O–H groups in total. The number of thioether (sulfide) groups is 1. The van der Waals surface area contributed by atoms with E-state index in [0.29, 0.717) is 5.92 Å². The fraction of sp³-hybridized carbons (Fsp3) is 1.00. The highest BCUT2D eigenvalue weighted by Crippen LogP contribution is 2.47. The van der Waals surface area contributed by atoms with Gasteiger partial charge in [0.25, 0.3) is 0 Å². The summed E-state index contributed by atoms with van der Waals surface area (Å²) in [5.74, 6) is 2.34. The first-order valence-electron chi connectivity index (χ1n) is 5.73. The Bertz CT molecular complexity index is 206. The molecule has 15 heavy (non-hydrogen) atoms. The van der Waals surface area contributed by atoms with Crippen molar-refractivity contribution in [1.29, 1.82) is 0 Å². The quantitative estimate of drug-likeness (QED) is 0.808. The van der Waals surface area contributed by atoms with Crippen LogP contribution in [0.2, 0.25) is 0 Å². The van der Waals surface area contributed by atoms with Crippen LogP contribution in [0.1, 0.15) is 33.6 Å². The van der Waals surface area contributed by atoms with Crippen LogP contribution in [0.25, 0.3) is 0 Å². The van der Waals surface area contributed by atoms with E-state index in [4.69, 9.17) is 4.74 Å². The second kappa shape index (κ2) is 5.07. The molecular weight excluding hydrogens is 208 g/mol. The van der Waals surface area contributed by atoms with Crippen molar-refractivity contribution in [3.63, 3.8) is 0 Å². The van der Waals surface area contributed by atoms with Gasteiger partial charge in [-0.1, -0.05) is 20.8 Å². The third-order valence-electron chi connectivity index (χ3n) is 3.94. The second-order valence-corrected chi connectivity index (χ2v) is 6.40. The van der Waals surface area contributed by atoms with Crippen LogP contribution in [0.3, 0.4) is 0 Å². The molecule has 0 bridgehead atoms. The van der Waals surface area contributed by atoms with E-state index in [1.165, 1.54) is 5.75 Å². The average Bonchev–Trinajstić information content (AvgIpc) is 2.18. The van der Waals surface area contributed by atoms with Crippen molar-refractivity contribution in [2.24, 2.45) is 11.3 Å². The summed E-state index contributed by atoms with van der Waals surface area (Å²) in [6.07, 6.45) is 2.04. The molecule has 0 spiro atoms. The number of rotatable bonds is 4. The summed E-state index contributed by atoms with van der Waals surface area (Å²) < 4.78 is 5.10. The smallest absolute Gasteiger partial charge is 0.0814 e. The van der Waals surface area contributed by atoms with Gasteiger partial charge in [0.2, 0.25) is 0 Å². The van der Waals surface area contributed by atoms with E-state index in [1.54, 1.807) is 7.11 Å². The summed E-state index contributed by atoms with van der Waals surface area (Å²) in [6, 6.07) is 0. The van der Waals surface area contributed by atoms with Crippen LogP contribution in [0.5, 0.6) is 0 Å². The molecular formula is C12H24O2S. The number of hydrogen-bond acceptors (Lipinski definition) is 3. The van der Waals surface area contributed by atoms with Crippen LogP contribution in [0.15, 0.2) is 0 Å².